The van der Waals surface area contributed by atoms with Crippen molar-refractivity contribution in [3.63, 3.8) is 0 Å². The van der Waals surface area contributed by atoms with Gasteiger partial charge in [0.05, 0.1) is 6.61 Å². The van der Waals surface area contributed by atoms with Gasteiger partial charge in [-0.2, -0.15) is 0 Å². The molecule has 0 bridgehead atoms. The largest absolute Gasteiger partial charge is 0.477 e. The van der Waals surface area contributed by atoms with Crippen molar-refractivity contribution >= 4 is 11.9 Å². The highest BCUT2D eigenvalue weighted by Gasteiger charge is 2.25. The Balaban J connectivity index is 2.73. The smallest absolute Gasteiger partial charge is 0.354 e. The summed E-state index contributed by atoms with van der Waals surface area (Å²) in [7, 11) is 0. The first-order valence-electron chi connectivity index (χ1n) is 5.98. The molecular formula is C12H19N3O3. The summed E-state index contributed by atoms with van der Waals surface area (Å²) in [5.74, 6) is -0.811. The first-order valence-corrected chi connectivity index (χ1v) is 5.98. The molecule has 0 unspecified atom stereocenters. The molecule has 0 aliphatic carbocycles. The zero-order valence-electron chi connectivity index (χ0n) is 10.7. The monoisotopic (exact) mass is 253 g/mol. The fraction of sp³-hybridized carbons (Fsp3) is 0.583. The highest BCUT2D eigenvalue weighted by Crippen LogP contribution is 2.25. The second kappa shape index (κ2) is 6.30. The second-order valence-electron chi connectivity index (χ2n) is 4.29. The van der Waals surface area contributed by atoms with E-state index in [0.29, 0.717) is 6.54 Å². The van der Waals surface area contributed by atoms with E-state index in [-0.39, 0.29) is 23.7 Å². The Labute approximate surface area is 106 Å². The number of aliphatic hydroxyl groups is 1. The number of hydrogen-bond acceptors (Lipinski definition) is 5. The predicted octanol–water partition coefficient (Wildman–Crippen LogP) is 1.39. The minimum absolute atomic E-state index is 0.0462. The lowest BCUT2D eigenvalue weighted by molar-refractivity contribution is 0.0690. The van der Waals surface area contributed by atoms with Crippen LogP contribution in [0.3, 0.4) is 0 Å². The standard InChI is InChI=1S/C12H19N3O3/c1-3-12(4-2,8-16)7-14-11-13-6-5-9(15-11)10(17)18/h5-6,16H,3-4,7-8H2,1-2H3,(H,17,18)(H,13,14,15). The summed E-state index contributed by atoms with van der Waals surface area (Å²) < 4.78 is 0. The van der Waals surface area contributed by atoms with Gasteiger partial charge in [-0.3, -0.25) is 0 Å². The molecule has 0 amide bonds. The number of nitrogens with one attached hydrogen (secondary N) is 1. The van der Waals surface area contributed by atoms with Gasteiger partial charge < -0.3 is 15.5 Å². The molecule has 0 aromatic carbocycles. The highest BCUT2D eigenvalue weighted by atomic mass is 16.4. The Bertz CT molecular complexity index is 397. The Morgan fingerprint density at radius 3 is 2.61 bits per heavy atom. The normalized spacial score (nSPS) is 11.3. The first-order chi connectivity index (χ1) is 8.56. The van der Waals surface area contributed by atoms with Crippen molar-refractivity contribution in [2.45, 2.75) is 26.7 Å². The van der Waals surface area contributed by atoms with Crippen LogP contribution in [0.5, 0.6) is 0 Å². The number of anilines is 1. The van der Waals surface area contributed by atoms with E-state index in [0.717, 1.165) is 12.8 Å². The van der Waals surface area contributed by atoms with Crippen molar-refractivity contribution in [3.05, 3.63) is 18.0 Å². The summed E-state index contributed by atoms with van der Waals surface area (Å²) in [4.78, 5) is 18.6. The number of hydrogen-bond donors (Lipinski definition) is 3. The van der Waals surface area contributed by atoms with E-state index in [1.54, 1.807) is 0 Å². The van der Waals surface area contributed by atoms with Gasteiger partial charge in [0.1, 0.15) is 0 Å². The maximum atomic E-state index is 10.8. The summed E-state index contributed by atoms with van der Waals surface area (Å²) in [6, 6.07) is 1.34. The molecule has 3 N–H and O–H groups in total. The molecule has 0 spiro atoms. The van der Waals surface area contributed by atoms with Crippen molar-refractivity contribution < 1.29 is 15.0 Å². The van der Waals surface area contributed by atoms with Gasteiger partial charge >= 0.3 is 5.97 Å². The zero-order valence-corrected chi connectivity index (χ0v) is 10.7. The van der Waals surface area contributed by atoms with Gasteiger partial charge in [0.25, 0.3) is 0 Å². The van der Waals surface area contributed by atoms with E-state index < -0.39 is 5.97 Å². The minimum atomic E-state index is -1.08. The lowest BCUT2D eigenvalue weighted by atomic mass is 9.83. The number of aromatic carboxylic acids is 1. The third kappa shape index (κ3) is 3.40. The average molecular weight is 253 g/mol. The molecule has 0 fully saturated rings. The minimum Gasteiger partial charge on any atom is -0.477 e. The molecule has 1 aromatic rings. The Hall–Kier alpha value is -1.69. The van der Waals surface area contributed by atoms with E-state index >= 15 is 0 Å². The van der Waals surface area contributed by atoms with Crippen LogP contribution in [0.4, 0.5) is 5.95 Å². The molecule has 0 aliphatic heterocycles. The predicted molar refractivity (Wildman–Crippen MR) is 67.6 cm³/mol. The van der Waals surface area contributed by atoms with Gasteiger partial charge in [-0.1, -0.05) is 13.8 Å². The number of aromatic nitrogens is 2. The van der Waals surface area contributed by atoms with Crippen molar-refractivity contribution in [2.24, 2.45) is 5.41 Å². The first kappa shape index (κ1) is 14.4. The van der Waals surface area contributed by atoms with Gasteiger partial charge in [-0.05, 0) is 18.9 Å². The molecule has 6 nitrogen and oxygen atoms in total. The summed E-state index contributed by atoms with van der Waals surface area (Å²) in [6.45, 7) is 4.61. The maximum Gasteiger partial charge on any atom is 0.354 e. The van der Waals surface area contributed by atoms with E-state index in [1.165, 1.54) is 12.3 Å². The van der Waals surface area contributed by atoms with E-state index in [2.05, 4.69) is 15.3 Å². The number of nitrogens with zero attached hydrogens (tertiary/aromatic N) is 2. The van der Waals surface area contributed by atoms with Gasteiger partial charge in [-0.15, -0.1) is 0 Å². The van der Waals surface area contributed by atoms with Crippen LogP contribution in [-0.2, 0) is 0 Å². The zero-order chi connectivity index (χ0) is 13.6. The van der Waals surface area contributed by atoms with Crippen LogP contribution in [0.2, 0.25) is 0 Å². The maximum absolute atomic E-state index is 10.8. The molecule has 18 heavy (non-hydrogen) atoms. The molecular weight excluding hydrogens is 234 g/mol. The molecule has 0 saturated carbocycles. The third-order valence-electron chi connectivity index (χ3n) is 3.33. The van der Waals surface area contributed by atoms with Crippen LogP contribution in [0, 0.1) is 5.41 Å². The fourth-order valence-electron chi connectivity index (χ4n) is 1.61. The molecule has 0 radical (unpaired) electrons. The quantitative estimate of drug-likeness (QED) is 0.679. The summed E-state index contributed by atoms with van der Waals surface area (Å²) >= 11 is 0. The number of aliphatic hydroxyl groups excluding tert-OH is 1. The number of carboxylic acids is 1. The Morgan fingerprint density at radius 1 is 1.44 bits per heavy atom. The summed E-state index contributed by atoms with van der Waals surface area (Å²) in [6.07, 6.45) is 3.05. The summed E-state index contributed by atoms with van der Waals surface area (Å²) in [5, 5.41) is 21.2. The van der Waals surface area contributed by atoms with E-state index in [4.69, 9.17) is 5.11 Å². The van der Waals surface area contributed by atoms with Crippen molar-refractivity contribution in [2.75, 3.05) is 18.5 Å². The summed E-state index contributed by atoms with van der Waals surface area (Å²) in [5.41, 5.74) is -0.266. The van der Waals surface area contributed by atoms with E-state index in [1.807, 2.05) is 13.8 Å². The third-order valence-corrected chi connectivity index (χ3v) is 3.33. The SMILES string of the molecule is CCC(CC)(CO)CNc1nccc(C(=O)O)n1. The highest BCUT2D eigenvalue weighted by molar-refractivity contribution is 5.85. The van der Waals surface area contributed by atoms with Crippen molar-refractivity contribution in [1.82, 2.24) is 9.97 Å². The van der Waals surface area contributed by atoms with Crippen LogP contribution >= 0.6 is 0 Å². The molecule has 100 valence electrons. The molecule has 0 atom stereocenters. The second-order valence-corrected chi connectivity index (χ2v) is 4.29. The number of rotatable bonds is 7. The van der Waals surface area contributed by atoms with Crippen LogP contribution in [0.1, 0.15) is 37.2 Å². The molecule has 0 saturated heterocycles. The van der Waals surface area contributed by atoms with Gasteiger partial charge in [-0.25, -0.2) is 14.8 Å². The Morgan fingerprint density at radius 2 is 2.11 bits per heavy atom. The fourth-order valence-corrected chi connectivity index (χ4v) is 1.61. The van der Waals surface area contributed by atoms with Crippen LogP contribution in [0.25, 0.3) is 0 Å². The average Bonchev–Trinajstić information content (AvgIpc) is 2.41. The van der Waals surface area contributed by atoms with Gasteiger partial charge in [0.2, 0.25) is 5.95 Å². The van der Waals surface area contributed by atoms with Crippen LogP contribution in [0.15, 0.2) is 12.3 Å². The molecule has 1 aromatic heterocycles. The van der Waals surface area contributed by atoms with Crippen LogP contribution in [-0.4, -0.2) is 39.3 Å². The van der Waals surface area contributed by atoms with Crippen LogP contribution < -0.4 is 5.32 Å². The van der Waals surface area contributed by atoms with Gasteiger partial charge in [0, 0.05) is 18.2 Å². The molecule has 6 heteroatoms. The van der Waals surface area contributed by atoms with Crippen molar-refractivity contribution in [3.8, 4) is 0 Å². The lowest BCUT2D eigenvalue weighted by Crippen LogP contribution is -2.32. The topological polar surface area (TPSA) is 95.3 Å². The molecule has 0 aliphatic rings. The number of carboxylic acid groups (broad SMARTS) is 1. The molecule has 1 heterocycles. The lowest BCUT2D eigenvalue weighted by Gasteiger charge is -2.29. The Kier molecular flexibility index (Phi) is 5.03. The van der Waals surface area contributed by atoms with Gasteiger partial charge in [0.15, 0.2) is 5.69 Å². The molecule has 1 rings (SSSR count). The number of carbonyl (C=O) groups is 1. The van der Waals surface area contributed by atoms with Crippen molar-refractivity contribution in [1.29, 1.82) is 0 Å². The van der Waals surface area contributed by atoms with E-state index in [9.17, 15) is 9.90 Å².